The molecule has 1 fully saturated rings. The van der Waals surface area contributed by atoms with Crippen molar-refractivity contribution in [3.8, 4) is 0 Å². The Balaban J connectivity index is 0.000000423. The van der Waals surface area contributed by atoms with E-state index in [1.165, 1.54) is 0 Å². The van der Waals surface area contributed by atoms with E-state index in [9.17, 15) is 18.0 Å². The zero-order chi connectivity index (χ0) is 29.3. The smallest absolute Gasteiger partial charge is 0.233 e. The molecule has 214 valence electrons. The Hall–Kier alpha value is -4.45. The summed E-state index contributed by atoms with van der Waals surface area (Å²) >= 11 is 0. The van der Waals surface area contributed by atoms with Gasteiger partial charge in [-0.3, -0.25) is 19.0 Å². The molecule has 2 aliphatic rings. The van der Waals surface area contributed by atoms with Crippen LogP contribution < -0.4 is 16.0 Å². The van der Waals surface area contributed by atoms with E-state index in [1.54, 1.807) is 83.4 Å². The number of amides is 1. The number of carbonyl (C=O) groups excluding carboxylic acids is 2. The number of aryl methyl sites for hydroxylation is 2. The van der Waals surface area contributed by atoms with Crippen molar-refractivity contribution in [3.63, 3.8) is 0 Å². The minimum atomic E-state index is -3.67. The number of hydrogen-bond donors (Lipinski definition) is 2. The molecule has 2 atom stereocenters. The number of carbonyl (C=O) groups is 2. The lowest BCUT2D eigenvalue weighted by molar-refractivity contribution is -0.119. The van der Waals surface area contributed by atoms with Gasteiger partial charge in [0, 0.05) is 52.4 Å². The molecule has 0 radical (unpaired) electrons. The average Bonchev–Trinajstić information content (AvgIpc) is 3.67. The van der Waals surface area contributed by atoms with Crippen LogP contribution >= 0.6 is 0 Å². The lowest BCUT2D eigenvalue weighted by Crippen LogP contribution is -2.25. The normalized spacial score (nSPS) is 17.7. The van der Waals surface area contributed by atoms with Crippen molar-refractivity contribution >= 4 is 44.5 Å². The van der Waals surface area contributed by atoms with Crippen molar-refractivity contribution in [2.24, 2.45) is 20.0 Å². The summed E-state index contributed by atoms with van der Waals surface area (Å²) in [6, 6.07) is 15.5. The predicted molar refractivity (Wildman–Crippen MR) is 156 cm³/mol. The molecular weight excluding hydrogens is 542 g/mol. The molecule has 12 heteroatoms. The largest absolute Gasteiger partial charge is 0.382 e. The summed E-state index contributed by atoms with van der Waals surface area (Å²) in [5.41, 5.74) is 7.10. The number of ketones is 1. The Labute approximate surface area is 238 Å². The number of sulfone groups is 1. The maximum atomic E-state index is 13.4. The monoisotopic (exact) mass is 575 g/mol. The number of benzene rings is 2. The standard InChI is InChI=1S/C25H26N4O4S.C4H7N3/c1-28-12-11-24(27-28)26-25(31)19(14-16-7-9-18(30)13-16)17-8-10-23-21(15-17)29(2)20-5-3-4-6-22(20)34(23,32)33;1-7-3-2-4(5)6-7/h3-6,8,10-12,15-16,19H,7,9,13-14H2,1-2H3,(H,26,27,31);2-3H,1H3,(H2,5,6). The Morgan fingerprint density at radius 3 is 2.32 bits per heavy atom. The van der Waals surface area contributed by atoms with E-state index in [0.717, 1.165) is 6.42 Å². The van der Waals surface area contributed by atoms with Crippen LogP contribution in [0.1, 0.15) is 37.2 Å². The number of fused-ring (bicyclic) bond motifs is 2. The second-order valence-corrected chi connectivity index (χ2v) is 12.4. The minimum absolute atomic E-state index is 0.116. The molecule has 6 rings (SSSR count). The number of aromatic nitrogens is 4. The predicted octanol–water partition coefficient (Wildman–Crippen LogP) is 3.82. The Bertz CT molecular complexity index is 1690. The summed E-state index contributed by atoms with van der Waals surface area (Å²) in [5, 5.41) is 10.9. The maximum Gasteiger partial charge on any atom is 0.233 e. The number of nitrogens with two attached hydrogens (primary N) is 1. The van der Waals surface area contributed by atoms with Crippen molar-refractivity contribution in [3.05, 3.63) is 72.6 Å². The van der Waals surface area contributed by atoms with Gasteiger partial charge in [-0.1, -0.05) is 18.2 Å². The van der Waals surface area contributed by atoms with E-state index < -0.39 is 15.8 Å². The number of nitrogen functional groups attached to an aromatic ring is 1. The molecule has 1 amide bonds. The Morgan fingerprint density at radius 2 is 1.71 bits per heavy atom. The highest BCUT2D eigenvalue weighted by Crippen LogP contribution is 2.45. The fourth-order valence-corrected chi connectivity index (χ4v) is 7.09. The lowest BCUT2D eigenvalue weighted by atomic mass is 9.87. The summed E-state index contributed by atoms with van der Waals surface area (Å²) in [4.78, 5) is 27.6. The van der Waals surface area contributed by atoms with E-state index in [-0.39, 0.29) is 27.4 Å². The minimum Gasteiger partial charge on any atom is -0.382 e. The zero-order valence-electron chi connectivity index (χ0n) is 23.2. The first-order valence-electron chi connectivity index (χ1n) is 13.3. The number of nitrogens with zero attached hydrogens (tertiary/aromatic N) is 5. The van der Waals surface area contributed by atoms with Crippen LogP contribution in [0, 0.1) is 5.92 Å². The van der Waals surface area contributed by atoms with E-state index in [0.29, 0.717) is 47.8 Å². The summed E-state index contributed by atoms with van der Waals surface area (Å²) in [7, 11) is 1.76. The van der Waals surface area contributed by atoms with Crippen LogP contribution in [0.3, 0.4) is 0 Å². The second-order valence-electron chi connectivity index (χ2n) is 10.5. The first-order chi connectivity index (χ1) is 19.5. The number of para-hydroxylation sites is 1. The highest BCUT2D eigenvalue weighted by Gasteiger charge is 2.35. The third kappa shape index (κ3) is 5.87. The molecule has 1 aliphatic carbocycles. The van der Waals surface area contributed by atoms with Gasteiger partial charge in [0.25, 0.3) is 0 Å². The zero-order valence-corrected chi connectivity index (χ0v) is 24.0. The van der Waals surface area contributed by atoms with E-state index in [1.807, 2.05) is 19.0 Å². The van der Waals surface area contributed by atoms with Gasteiger partial charge in [-0.15, -0.1) is 0 Å². The molecule has 3 heterocycles. The van der Waals surface area contributed by atoms with Gasteiger partial charge in [0.1, 0.15) is 11.6 Å². The van der Waals surface area contributed by atoms with Gasteiger partial charge in [-0.2, -0.15) is 10.2 Å². The first-order valence-corrected chi connectivity index (χ1v) is 14.8. The van der Waals surface area contributed by atoms with Crippen LogP contribution in [0.5, 0.6) is 0 Å². The third-order valence-electron chi connectivity index (χ3n) is 7.48. The van der Waals surface area contributed by atoms with Crippen molar-refractivity contribution in [1.82, 2.24) is 19.6 Å². The van der Waals surface area contributed by atoms with Crippen molar-refractivity contribution < 1.29 is 18.0 Å². The van der Waals surface area contributed by atoms with Crippen LogP contribution in [0.4, 0.5) is 23.0 Å². The van der Waals surface area contributed by atoms with Gasteiger partial charge < -0.3 is 16.0 Å². The fourth-order valence-electron chi connectivity index (χ4n) is 5.40. The topological polar surface area (TPSA) is 145 Å². The summed E-state index contributed by atoms with van der Waals surface area (Å²) in [6.07, 6.45) is 5.84. The summed E-state index contributed by atoms with van der Waals surface area (Å²) in [5.74, 6) is 0.595. The van der Waals surface area contributed by atoms with Crippen molar-refractivity contribution in [1.29, 1.82) is 0 Å². The Kier molecular flexibility index (Phi) is 7.68. The number of Topliss-reactive ketones (excluding diaryl/α,β-unsaturated/α-hetero) is 1. The molecule has 2 aromatic heterocycles. The molecule has 0 saturated heterocycles. The number of rotatable bonds is 5. The van der Waals surface area contributed by atoms with Crippen LogP contribution in [0.25, 0.3) is 0 Å². The molecule has 4 aromatic rings. The van der Waals surface area contributed by atoms with Gasteiger partial charge in [0.2, 0.25) is 15.7 Å². The van der Waals surface area contributed by atoms with Crippen LogP contribution in [0.2, 0.25) is 0 Å². The quantitative estimate of drug-likeness (QED) is 0.365. The van der Waals surface area contributed by atoms with Crippen LogP contribution in [-0.4, -0.2) is 46.7 Å². The third-order valence-corrected chi connectivity index (χ3v) is 9.33. The van der Waals surface area contributed by atoms with Crippen molar-refractivity contribution in [2.75, 3.05) is 23.0 Å². The van der Waals surface area contributed by atoms with Crippen molar-refractivity contribution in [2.45, 2.75) is 41.4 Å². The average molecular weight is 576 g/mol. The molecule has 0 spiro atoms. The molecule has 1 saturated carbocycles. The van der Waals surface area contributed by atoms with Gasteiger partial charge in [-0.05, 0) is 54.7 Å². The van der Waals surface area contributed by atoms with E-state index >= 15 is 0 Å². The number of anilines is 4. The number of hydrogen-bond acceptors (Lipinski definition) is 8. The molecule has 2 aromatic carbocycles. The van der Waals surface area contributed by atoms with Gasteiger partial charge in [-0.25, -0.2) is 8.42 Å². The maximum absolute atomic E-state index is 13.4. The van der Waals surface area contributed by atoms with Gasteiger partial charge in [0.05, 0.1) is 27.1 Å². The SMILES string of the molecule is CN1c2ccccc2S(=O)(=O)c2ccc(C(CC3CCC(=O)C3)C(=O)Nc3ccn(C)n3)cc21.Cn1ccc(N)n1. The Morgan fingerprint density at radius 1 is 1.00 bits per heavy atom. The summed E-state index contributed by atoms with van der Waals surface area (Å²) < 4.78 is 29.8. The van der Waals surface area contributed by atoms with E-state index in [2.05, 4.69) is 15.5 Å². The highest BCUT2D eigenvalue weighted by molar-refractivity contribution is 7.92. The lowest BCUT2D eigenvalue weighted by Gasteiger charge is -2.31. The molecule has 1 aliphatic heterocycles. The second kappa shape index (κ2) is 11.2. The number of nitrogens with one attached hydrogen (secondary N) is 1. The fraction of sp³-hybridized carbons (Fsp3) is 0.310. The summed E-state index contributed by atoms with van der Waals surface area (Å²) in [6.45, 7) is 0. The molecule has 2 unspecified atom stereocenters. The highest BCUT2D eigenvalue weighted by atomic mass is 32.2. The first kappa shape index (κ1) is 28.1. The van der Waals surface area contributed by atoms with Gasteiger partial charge in [0.15, 0.2) is 5.82 Å². The molecule has 3 N–H and O–H groups in total. The van der Waals surface area contributed by atoms with Crippen LogP contribution in [-0.2, 0) is 33.5 Å². The van der Waals surface area contributed by atoms with E-state index in [4.69, 9.17) is 5.73 Å². The molecule has 0 bridgehead atoms. The van der Waals surface area contributed by atoms with Gasteiger partial charge >= 0.3 is 0 Å². The molecule has 41 heavy (non-hydrogen) atoms. The van der Waals surface area contributed by atoms with Crippen LogP contribution in [0.15, 0.2) is 76.8 Å². The molecule has 11 nitrogen and oxygen atoms in total. The molecular formula is C29H33N7O4S.